The van der Waals surface area contributed by atoms with Gasteiger partial charge in [0.2, 0.25) is 0 Å². The first-order valence-electron chi connectivity index (χ1n) is 4.88. The van der Waals surface area contributed by atoms with Crippen LogP contribution in [0.25, 0.3) is 10.9 Å². The summed E-state index contributed by atoms with van der Waals surface area (Å²) >= 11 is 0. The third kappa shape index (κ3) is 1.50. The number of nitrogen functional groups attached to an aromatic ring is 1. The van der Waals surface area contributed by atoms with Crippen LogP contribution < -0.4 is 5.73 Å². The molecule has 0 unspecified atom stereocenters. The highest BCUT2D eigenvalue weighted by Crippen LogP contribution is 2.26. The molecular weight excluding hydrogens is 211 g/mol. The first-order chi connectivity index (χ1) is 7.65. The van der Waals surface area contributed by atoms with Gasteiger partial charge in [0.05, 0.1) is 17.8 Å². The lowest BCUT2D eigenvalue weighted by molar-refractivity contribution is 0.0522. The molecule has 0 aliphatic carbocycles. The Kier molecular flexibility index (Phi) is 2.52. The van der Waals surface area contributed by atoms with E-state index in [1.54, 1.807) is 13.0 Å². The third-order valence-corrected chi connectivity index (χ3v) is 2.30. The van der Waals surface area contributed by atoms with E-state index in [1.807, 2.05) is 0 Å². The summed E-state index contributed by atoms with van der Waals surface area (Å²) in [6.07, 6.45) is 0. The van der Waals surface area contributed by atoms with Gasteiger partial charge in [0.15, 0.2) is 0 Å². The molecule has 0 spiro atoms. The summed E-state index contributed by atoms with van der Waals surface area (Å²) < 4.78 is 18.2. The van der Waals surface area contributed by atoms with Crippen molar-refractivity contribution >= 4 is 22.6 Å². The zero-order valence-electron chi connectivity index (χ0n) is 8.71. The van der Waals surface area contributed by atoms with Gasteiger partial charge in [0, 0.05) is 5.39 Å². The van der Waals surface area contributed by atoms with Crippen LogP contribution in [0, 0.1) is 5.82 Å². The Labute approximate surface area is 91.2 Å². The summed E-state index contributed by atoms with van der Waals surface area (Å²) in [5, 5.41) is 0.489. The predicted molar refractivity (Wildman–Crippen MR) is 58.6 cm³/mol. The van der Waals surface area contributed by atoms with Crippen LogP contribution in [0.1, 0.15) is 17.4 Å². The molecule has 0 fully saturated rings. The predicted octanol–water partition coefficient (Wildman–Crippen LogP) is 2.07. The largest absolute Gasteiger partial charge is 0.461 e. The van der Waals surface area contributed by atoms with Crippen LogP contribution in [-0.2, 0) is 4.74 Å². The number of carbonyl (C=O) groups is 1. The first-order valence-corrected chi connectivity index (χ1v) is 4.88. The molecule has 0 saturated heterocycles. The lowest BCUT2D eigenvalue weighted by Crippen LogP contribution is -2.07. The van der Waals surface area contributed by atoms with Gasteiger partial charge < -0.3 is 15.5 Å². The fourth-order valence-corrected chi connectivity index (χ4v) is 1.57. The van der Waals surface area contributed by atoms with Gasteiger partial charge in [0.25, 0.3) is 0 Å². The van der Waals surface area contributed by atoms with Crippen molar-refractivity contribution in [1.82, 2.24) is 4.98 Å². The molecule has 0 aliphatic rings. The highest BCUT2D eigenvalue weighted by Gasteiger charge is 2.17. The van der Waals surface area contributed by atoms with Crippen LogP contribution >= 0.6 is 0 Å². The number of nitrogens with one attached hydrogen (secondary N) is 1. The van der Waals surface area contributed by atoms with Gasteiger partial charge in [-0.1, -0.05) is 12.1 Å². The molecule has 2 rings (SSSR count). The Balaban J connectivity index is 2.60. The molecule has 4 nitrogen and oxygen atoms in total. The summed E-state index contributed by atoms with van der Waals surface area (Å²) in [5.41, 5.74) is 6.28. The van der Waals surface area contributed by atoms with Crippen molar-refractivity contribution in [2.45, 2.75) is 6.92 Å². The van der Waals surface area contributed by atoms with E-state index in [0.29, 0.717) is 5.39 Å². The van der Waals surface area contributed by atoms with E-state index in [1.165, 1.54) is 12.1 Å². The maximum absolute atomic E-state index is 13.4. The van der Waals surface area contributed by atoms with Crippen LogP contribution in [0.2, 0.25) is 0 Å². The smallest absolute Gasteiger partial charge is 0.356 e. The van der Waals surface area contributed by atoms with Crippen molar-refractivity contribution in [3.63, 3.8) is 0 Å². The van der Waals surface area contributed by atoms with E-state index < -0.39 is 11.8 Å². The molecule has 1 aromatic heterocycles. The monoisotopic (exact) mass is 222 g/mol. The van der Waals surface area contributed by atoms with Crippen LogP contribution in [-0.4, -0.2) is 17.6 Å². The molecule has 0 radical (unpaired) electrons. The number of hydrogen-bond acceptors (Lipinski definition) is 3. The maximum Gasteiger partial charge on any atom is 0.356 e. The van der Waals surface area contributed by atoms with Crippen LogP contribution in [0.3, 0.4) is 0 Å². The summed E-state index contributed by atoms with van der Waals surface area (Å²) in [7, 11) is 0. The minimum Gasteiger partial charge on any atom is -0.461 e. The van der Waals surface area contributed by atoms with Crippen molar-refractivity contribution < 1.29 is 13.9 Å². The molecule has 0 bridgehead atoms. The van der Waals surface area contributed by atoms with Crippen molar-refractivity contribution in [2.75, 3.05) is 12.3 Å². The van der Waals surface area contributed by atoms with Gasteiger partial charge in [-0.2, -0.15) is 0 Å². The van der Waals surface area contributed by atoms with Crippen LogP contribution in [0.5, 0.6) is 0 Å². The van der Waals surface area contributed by atoms with Gasteiger partial charge in [-0.25, -0.2) is 9.18 Å². The second-order valence-electron chi connectivity index (χ2n) is 3.30. The normalized spacial score (nSPS) is 10.6. The van der Waals surface area contributed by atoms with E-state index in [0.717, 1.165) is 0 Å². The van der Waals surface area contributed by atoms with E-state index in [9.17, 15) is 9.18 Å². The van der Waals surface area contributed by atoms with E-state index >= 15 is 0 Å². The number of fused-ring (bicyclic) bond motifs is 1. The average molecular weight is 222 g/mol. The lowest BCUT2D eigenvalue weighted by Gasteiger charge is -1.99. The zero-order chi connectivity index (χ0) is 11.7. The minimum atomic E-state index is -0.574. The van der Waals surface area contributed by atoms with Crippen LogP contribution in [0.15, 0.2) is 18.2 Å². The Morgan fingerprint density at radius 2 is 2.31 bits per heavy atom. The number of aromatic nitrogens is 1. The van der Waals surface area contributed by atoms with Gasteiger partial charge in [0.1, 0.15) is 11.5 Å². The lowest BCUT2D eigenvalue weighted by atomic mass is 10.2. The van der Waals surface area contributed by atoms with E-state index in [4.69, 9.17) is 10.5 Å². The molecule has 0 aliphatic heterocycles. The molecule has 84 valence electrons. The molecule has 0 saturated carbocycles. The zero-order valence-corrected chi connectivity index (χ0v) is 8.71. The standard InChI is InChI=1S/C11H11FN2O2/c1-2-16-11(15)10-8(13)6-4-3-5-7(12)9(6)14-10/h3-5,14H,2,13H2,1H3. The number of benzene rings is 1. The summed E-state index contributed by atoms with van der Waals surface area (Å²) in [5.74, 6) is -1.02. The molecule has 0 amide bonds. The fraction of sp³-hybridized carbons (Fsp3) is 0.182. The molecule has 2 aromatic rings. The number of halogens is 1. The molecular formula is C11H11FN2O2. The molecule has 0 atom stereocenters. The Hall–Kier alpha value is -2.04. The number of esters is 1. The number of rotatable bonds is 2. The Bertz CT molecular complexity index is 548. The Morgan fingerprint density at radius 1 is 1.56 bits per heavy atom. The molecule has 16 heavy (non-hydrogen) atoms. The number of anilines is 1. The number of carbonyl (C=O) groups excluding carboxylic acids is 1. The van der Waals surface area contributed by atoms with Crippen molar-refractivity contribution in [2.24, 2.45) is 0 Å². The van der Waals surface area contributed by atoms with Gasteiger partial charge in [-0.15, -0.1) is 0 Å². The van der Waals surface area contributed by atoms with Crippen molar-refractivity contribution in [3.05, 3.63) is 29.7 Å². The number of ether oxygens (including phenoxy) is 1. The third-order valence-electron chi connectivity index (χ3n) is 2.30. The number of hydrogen-bond donors (Lipinski definition) is 2. The number of aromatic amines is 1. The number of H-pyrrole nitrogens is 1. The quantitative estimate of drug-likeness (QED) is 0.764. The summed E-state index contributed by atoms with van der Waals surface area (Å²) in [6, 6.07) is 4.48. The Morgan fingerprint density at radius 3 is 2.94 bits per heavy atom. The summed E-state index contributed by atoms with van der Waals surface area (Å²) in [6.45, 7) is 1.94. The topological polar surface area (TPSA) is 68.1 Å². The van der Waals surface area contributed by atoms with Crippen molar-refractivity contribution in [1.29, 1.82) is 0 Å². The second kappa shape index (κ2) is 3.84. The van der Waals surface area contributed by atoms with E-state index in [-0.39, 0.29) is 23.5 Å². The van der Waals surface area contributed by atoms with Gasteiger partial charge >= 0.3 is 5.97 Å². The van der Waals surface area contributed by atoms with Gasteiger partial charge in [-0.05, 0) is 13.0 Å². The summed E-state index contributed by atoms with van der Waals surface area (Å²) in [4.78, 5) is 14.1. The minimum absolute atomic E-state index is 0.0990. The SMILES string of the molecule is CCOC(=O)c1[nH]c2c(F)cccc2c1N. The number of para-hydroxylation sites is 1. The van der Waals surface area contributed by atoms with E-state index in [2.05, 4.69) is 4.98 Å². The molecule has 1 heterocycles. The molecule has 3 N–H and O–H groups in total. The second-order valence-corrected chi connectivity index (χ2v) is 3.30. The first kappa shape index (κ1) is 10.5. The highest BCUT2D eigenvalue weighted by atomic mass is 19.1. The average Bonchev–Trinajstić information content (AvgIpc) is 2.59. The maximum atomic E-state index is 13.4. The van der Waals surface area contributed by atoms with Crippen LogP contribution in [0.4, 0.5) is 10.1 Å². The van der Waals surface area contributed by atoms with Gasteiger partial charge in [-0.3, -0.25) is 0 Å². The molecule has 5 heteroatoms. The molecule has 1 aromatic carbocycles. The fourth-order valence-electron chi connectivity index (χ4n) is 1.57. The number of nitrogens with two attached hydrogens (primary N) is 1. The van der Waals surface area contributed by atoms with Crippen molar-refractivity contribution in [3.8, 4) is 0 Å². The highest BCUT2D eigenvalue weighted by molar-refractivity contribution is 6.05.